The molecule has 0 aliphatic heterocycles. The minimum absolute atomic E-state index is 0.0839. The van der Waals surface area contributed by atoms with Gasteiger partial charge in [0, 0.05) is 31.9 Å². The number of rotatable bonds is 5. The van der Waals surface area contributed by atoms with Crippen LogP contribution in [0.25, 0.3) is 0 Å². The summed E-state index contributed by atoms with van der Waals surface area (Å²) in [6, 6.07) is 9.14. The van der Waals surface area contributed by atoms with Gasteiger partial charge in [-0.3, -0.25) is 9.69 Å². The van der Waals surface area contributed by atoms with Gasteiger partial charge in [0.25, 0.3) is 0 Å². The van der Waals surface area contributed by atoms with Crippen molar-refractivity contribution < 1.29 is 4.79 Å². The van der Waals surface area contributed by atoms with Crippen LogP contribution in [0.2, 0.25) is 5.02 Å². The van der Waals surface area contributed by atoms with Gasteiger partial charge in [-0.1, -0.05) is 23.7 Å². The van der Waals surface area contributed by atoms with Gasteiger partial charge >= 0.3 is 0 Å². The van der Waals surface area contributed by atoms with E-state index in [9.17, 15) is 4.79 Å². The van der Waals surface area contributed by atoms with Crippen LogP contribution in [0, 0.1) is 0 Å². The highest BCUT2D eigenvalue weighted by atomic mass is 79.9. The summed E-state index contributed by atoms with van der Waals surface area (Å²) in [6.07, 6.45) is 0. The summed E-state index contributed by atoms with van der Waals surface area (Å²) in [5, 5.41) is 2.64. The van der Waals surface area contributed by atoms with Gasteiger partial charge in [0.2, 0.25) is 0 Å². The van der Waals surface area contributed by atoms with Crippen LogP contribution in [0.15, 0.2) is 40.2 Å². The van der Waals surface area contributed by atoms with Gasteiger partial charge in [0.1, 0.15) is 0 Å². The second-order valence-corrected chi connectivity index (χ2v) is 6.68. The Morgan fingerprint density at radius 3 is 2.84 bits per heavy atom. The van der Waals surface area contributed by atoms with Crippen molar-refractivity contribution in [2.24, 2.45) is 0 Å². The van der Waals surface area contributed by atoms with Gasteiger partial charge < -0.3 is 0 Å². The number of benzene rings is 1. The van der Waals surface area contributed by atoms with E-state index in [0.29, 0.717) is 17.1 Å². The van der Waals surface area contributed by atoms with Gasteiger partial charge in [-0.2, -0.15) is 0 Å². The Morgan fingerprint density at radius 2 is 2.21 bits per heavy atom. The number of ketones is 1. The normalized spacial score (nSPS) is 10.9. The zero-order valence-electron chi connectivity index (χ0n) is 10.4. The second-order valence-electron chi connectivity index (χ2n) is 4.34. The number of hydrogen-bond acceptors (Lipinski definition) is 3. The molecule has 0 unspecified atom stereocenters. The number of nitrogens with zero attached hydrogens (tertiary/aromatic N) is 1. The largest absolute Gasteiger partial charge is 0.294 e. The molecule has 1 aromatic carbocycles. The molecule has 0 amide bonds. The molecular weight excluding hydrogens is 346 g/mol. The van der Waals surface area contributed by atoms with Gasteiger partial charge in [-0.15, -0.1) is 11.3 Å². The Morgan fingerprint density at radius 1 is 1.42 bits per heavy atom. The van der Waals surface area contributed by atoms with Crippen molar-refractivity contribution in [2.45, 2.75) is 6.54 Å². The SMILES string of the molecule is CN(CC(=O)c1cccc(Cl)c1)Cc1cc(Br)cs1. The molecule has 100 valence electrons. The summed E-state index contributed by atoms with van der Waals surface area (Å²) in [5.41, 5.74) is 0.659. The Labute approximate surface area is 130 Å². The van der Waals surface area contributed by atoms with E-state index in [-0.39, 0.29) is 5.78 Å². The number of carbonyl (C=O) groups is 1. The maximum Gasteiger partial charge on any atom is 0.176 e. The molecule has 0 atom stereocenters. The summed E-state index contributed by atoms with van der Waals surface area (Å²) in [7, 11) is 1.94. The van der Waals surface area contributed by atoms with Crippen LogP contribution in [0.1, 0.15) is 15.2 Å². The second kappa shape index (κ2) is 6.66. The molecule has 0 N–H and O–H groups in total. The molecule has 19 heavy (non-hydrogen) atoms. The smallest absolute Gasteiger partial charge is 0.176 e. The lowest BCUT2D eigenvalue weighted by Crippen LogP contribution is -2.25. The van der Waals surface area contributed by atoms with Crippen LogP contribution < -0.4 is 0 Å². The van der Waals surface area contributed by atoms with Crippen molar-refractivity contribution in [1.29, 1.82) is 0 Å². The third-order valence-corrected chi connectivity index (χ3v) is 4.53. The fourth-order valence-electron chi connectivity index (χ4n) is 1.76. The van der Waals surface area contributed by atoms with E-state index < -0.39 is 0 Å². The van der Waals surface area contributed by atoms with Crippen molar-refractivity contribution in [1.82, 2.24) is 4.90 Å². The number of hydrogen-bond donors (Lipinski definition) is 0. The Hall–Kier alpha value is -0.680. The van der Waals surface area contributed by atoms with Crippen molar-refractivity contribution in [3.63, 3.8) is 0 Å². The van der Waals surface area contributed by atoms with E-state index in [0.717, 1.165) is 11.0 Å². The molecule has 5 heteroatoms. The first-order chi connectivity index (χ1) is 9.04. The van der Waals surface area contributed by atoms with E-state index in [2.05, 4.69) is 22.0 Å². The van der Waals surface area contributed by atoms with Crippen LogP contribution >= 0.6 is 38.9 Å². The third-order valence-electron chi connectivity index (χ3n) is 2.61. The van der Waals surface area contributed by atoms with E-state index in [1.165, 1.54) is 4.88 Å². The minimum Gasteiger partial charge on any atom is -0.294 e. The van der Waals surface area contributed by atoms with Crippen molar-refractivity contribution in [3.8, 4) is 0 Å². The van der Waals surface area contributed by atoms with Gasteiger partial charge in [-0.25, -0.2) is 0 Å². The first kappa shape index (κ1) is 14.7. The monoisotopic (exact) mass is 357 g/mol. The Balaban J connectivity index is 1.95. The van der Waals surface area contributed by atoms with Crippen LogP contribution in [0.5, 0.6) is 0 Å². The van der Waals surface area contributed by atoms with Crippen molar-refractivity contribution in [2.75, 3.05) is 13.6 Å². The van der Waals surface area contributed by atoms with Gasteiger partial charge in [0.15, 0.2) is 5.78 Å². The fraction of sp³-hybridized carbons (Fsp3) is 0.214. The summed E-state index contributed by atoms with van der Waals surface area (Å²) in [4.78, 5) is 15.3. The number of carbonyl (C=O) groups excluding carboxylic acids is 1. The van der Waals surface area contributed by atoms with E-state index >= 15 is 0 Å². The van der Waals surface area contributed by atoms with E-state index in [1.807, 2.05) is 17.3 Å². The highest BCUT2D eigenvalue weighted by Gasteiger charge is 2.10. The van der Waals surface area contributed by atoms with Crippen LogP contribution in [-0.2, 0) is 6.54 Å². The Bertz CT molecular complexity index is 584. The highest BCUT2D eigenvalue weighted by molar-refractivity contribution is 9.10. The predicted octanol–water partition coefficient (Wildman–Crippen LogP) is 4.48. The van der Waals surface area contributed by atoms with Crippen molar-refractivity contribution >= 4 is 44.7 Å². The molecule has 0 bridgehead atoms. The standard InChI is InChI=1S/C14H13BrClNOS/c1-17(7-13-6-11(15)9-19-13)8-14(18)10-3-2-4-12(16)5-10/h2-6,9H,7-8H2,1H3. The van der Waals surface area contributed by atoms with Gasteiger partial charge in [-0.05, 0) is 41.2 Å². The fourth-order valence-corrected chi connectivity index (χ4v) is 3.48. The lowest BCUT2D eigenvalue weighted by molar-refractivity contribution is 0.0943. The lowest BCUT2D eigenvalue weighted by atomic mass is 10.1. The average molecular weight is 359 g/mol. The first-order valence-corrected chi connectivity index (χ1v) is 7.80. The van der Waals surface area contributed by atoms with E-state index in [4.69, 9.17) is 11.6 Å². The number of halogens is 2. The molecular formula is C14H13BrClNOS. The highest BCUT2D eigenvalue weighted by Crippen LogP contribution is 2.21. The molecule has 0 spiro atoms. The van der Waals surface area contributed by atoms with Gasteiger partial charge in [0.05, 0.1) is 6.54 Å². The maximum absolute atomic E-state index is 12.1. The number of thiophene rings is 1. The van der Waals surface area contributed by atoms with Crippen LogP contribution in [0.3, 0.4) is 0 Å². The number of Topliss-reactive ketones (excluding diaryl/α,β-unsaturated/α-hetero) is 1. The number of likely N-dealkylation sites (N-methyl/N-ethyl adjacent to an activating group) is 1. The molecule has 0 fully saturated rings. The molecule has 0 aliphatic rings. The molecule has 2 nitrogen and oxygen atoms in total. The van der Waals surface area contributed by atoms with Crippen molar-refractivity contribution in [3.05, 3.63) is 55.6 Å². The minimum atomic E-state index is 0.0839. The summed E-state index contributed by atoms with van der Waals surface area (Å²) >= 11 is 11.0. The summed E-state index contributed by atoms with van der Waals surface area (Å²) in [6.45, 7) is 1.15. The molecule has 2 rings (SSSR count). The first-order valence-electron chi connectivity index (χ1n) is 5.75. The summed E-state index contributed by atoms with van der Waals surface area (Å²) < 4.78 is 1.09. The zero-order valence-corrected chi connectivity index (χ0v) is 13.6. The predicted molar refractivity (Wildman–Crippen MR) is 84.1 cm³/mol. The quantitative estimate of drug-likeness (QED) is 0.735. The van der Waals surface area contributed by atoms with E-state index in [1.54, 1.807) is 35.6 Å². The maximum atomic E-state index is 12.1. The molecule has 0 saturated heterocycles. The Kier molecular flexibility index (Phi) is 5.16. The third kappa shape index (κ3) is 4.42. The topological polar surface area (TPSA) is 20.3 Å². The van der Waals surface area contributed by atoms with Crippen LogP contribution in [-0.4, -0.2) is 24.3 Å². The summed E-state index contributed by atoms with van der Waals surface area (Å²) in [5.74, 6) is 0.0839. The van der Waals surface area contributed by atoms with Crippen LogP contribution in [0.4, 0.5) is 0 Å². The lowest BCUT2D eigenvalue weighted by Gasteiger charge is -2.14. The molecule has 1 aromatic heterocycles. The molecule has 1 heterocycles. The molecule has 0 saturated carbocycles. The molecule has 0 aliphatic carbocycles. The molecule has 2 aromatic rings. The average Bonchev–Trinajstić information content (AvgIpc) is 2.74. The zero-order chi connectivity index (χ0) is 13.8. The molecule has 0 radical (unpaired) electrons.